The number of imide groups is 1. The molecule has 0 N–H and O–H groups in total. The molecule has 0 aromatic heterocycles. The van der Waals surface area contributed by atoms with E-state index in [1.165, 1.54) is 4.90 Å². The fourth-order valence-electron chi connectivity index (χ4n) is 4.72. The molecule has 0 aromatic rings. The van der Waals surface area contributed by atoms with Crippen LogP contribution in [0.1, 0.15) is 33.6 Å². The second kappa shape index (κ2) is 4.02. The Balaban J connectivity index is 1.36. The summed E-state index contributed by atoms with van der Waals surface area (Å²) in [7, 11) is 0. The monoisotopic (exact) mass is 339 g/mol. The number of hydrogen-bond donors (Lipinski definition) is 0. The first-order valence-electron chi connectivity index (χ1n) is 8.59. The molecule has 0 spiro atoms. The van der Waals surface area contributed by atoms with Crippen LogP contribution in [0.4, 0.5) is 4.79 Å². The minimum absolute atomic E-state index is 0.0492. The third-order valence-electron chi connectivity index (χ3n) is 6.06. The number of likely N-dealkylation sites (tertiary alicyclic amines) is 1. The number of carbonyl (C=O) groups excluding carboxylic acids is 3. The third-order valence-corrected chi connectivity index (χ3v) is 6.06. The minimum Gasteiger partial charge on any atom is -0.444 e. The van der Waals surface area contributed by atoms with Gasteiger partial charge in [0.1, 0.15) is 17.8 Å². The zero-order chi connectivity index (χ0) is 17.8. The Morgan fingerprint density at radius 2 is 1.96 bits per heavy atom. The second-order valence-electron chi connectivity index (χ2n) is 8.60. The van der Waals surface area contributed by atoms with E-state index in [9.17, 15) is 14.4 Å². The summed E-state index contributed by atoms with van der Waals surface area (Å²) in [6.07, 6.45) is 9.24. The number of carbonyl (C=O) groups is 3. The molecule has 2 saturated carbocycles. The van der Waals surface area contributed by atoms with Crippen LogP contribution in [0.2, 0.25) is 0 Å². The molecular formula is C19H19N2O4+. The van der Waals surface area contributed by atoms with Crippen molar-refractivity contribution in [2.75, 3.05) is 6.54 Å². The van der Waals surface area contributed by atoms with Gasteiger partial charge in [-0.1, -0.05) is 0 Å². The van der Waals surface area contributed by atoms with Crippen molar-refractivity contribution in [3.05, 3.63) is 35.5 Å². The van der Waals surface area contributed by atoms with Gasteiger partial charge in [0, 0.05) is 11.5 Å². The molecule has 128 valence electrons. The summed E-state index contributed by atoms with van der Waals surface area (Å²) in [5, 5.41) is 0. The van der Waals surface area contributed by atoms with Crippen LogP contribution in [-0.4, -0.2) is 51.4 Å². The molecule has 1 saturated heterocycles. The highest BCUT2D eigenvalue weighted by atomic mass is 16.6. The Hall–Kier alpha value is -2.46. The maximum atomic E-state index is 12.6. The number of amides is 3. The molecule has 1 atom stereocenters. The second-order valence-corrected chi connectivity index (χ2v) is 8.60. The van der Waals surface area contributed by atoms with E-state index in [0.717, 1.165) is 12.8 Å². The van der Waals surface area contributed by atoms with Gasteiger partial charge in [-0.2, -0.15) is 0 Å². The molecule has 25 heavy (non-hydrogen) atoms. The number of nitrogens with zero attached hydrogens (tertiary/aromatic N) is 2. The molecule has 0 bridgehead atoms. The smallest absolute Gasteiger partial charge is 0.411 e. The first-order valence-corrected chi connectivity index (χ1v) is 8.59. The van der Waals surface area contributed by atoms with Gasteiger partial charge in [0.25, 0.3) is 5.91 Å². The zero-order valence-electron chi connectivity index (χ0n) is 14.5. The highest BCUT2D eigenvalue weighted by Gasteiger charge is 2.98. The van der Waals surface area contributed by atoms with Crippen molar-refractivity contribution in [1.29, 1.82) is 0 Å². The first kappa shape index (κ1) is 14.8. The lowest BCUT2D eigenvalue weighted by Crippen LogP contribution is -2.59. The Morgan fingerprint density at radius 1 is 1.28 bits per heavy atom. The van der Waals surface area contributed by atoms with Gasteiger partial charge >= 0.3 is 12.0 Å². The van der Waals surface area contributed by atoms with Crippen molar-refractivity contribution in [1.82, 2.24) is 9.80 Å². The maximum Gasteiger partial charge on any atom is 0.411 e. The molecule has 3 aliphatic carbocycles. The molecular weight excluding hydrogens is 320 g/mol. The fraction of sp³-hybridized carbons (Fsp3) is 0.526. The van der Waals surface area contributed by atoms with Crippen LogP contribution in [0.25, 0.3) is 0 Å². The van der Waals surface area contributed by atoms with Crippen molar-refractivity contribution < 1.29 is 19.1 Å². The number of ether oxygens (including phenoxy) is 1. The molecule has 3 amide bonds. The van der Waals surface area contributed by atoms with Crippen molar-refractivity contribution in [2.24, 2.45) is 5.41 Å². The summed E-state index contributed by atoms with van der Waals surface area (Å²) < 4.78 is 5.53. The maximum absolute atomic E-state index is 12.6. The van der Waals surface area contributed by atoms with Gasteiger partial charge in [-0.25, -0.2) is 4.79 Å². The Kier molecular flexibility index (Phi) is 2.39. The molecule has 6 heteroatoms. The van der Waals surface area contributed by atoms with Crippen molar-refractivity contribution >= 4 is 17.9 Å². The molecule has 0 unspecified atom stereocenters. The highest BCUT2D eigenvalue weighted by molar-refractivity contribution is 6.22. The molecule has 5 aliphatic rings. The van der Waals surface area contributed by atoms with E-state index in [1.54, 1.807) is 23.1 Å². The first-order chi connectivity index (χ1) is 11.7. The quantitative estimate of drug-likeness (QED) is 0.568. The molecule has 3 fully saturated rings. The van der Waals surface area contributed by atoms with Crippen LogP contribution < -0.4 is 0 Å². The van der Waals surface area contributed by atoms with Crippen LogP contribution in [-0.2, 0) is 14.3 Å². The summed E-state index contributed by atoms with van der Waals surface area (Å²) in [4.78, 5) is 40.8. The molecule has 5 rings (SSSR count). The molecule has 6 nitrogen and oxygen atoms in total. The predicted molar refractivity (Wildman–Crippen MR) is 87.0 cm³/mol. The lowest BCUT2D eigenvalue weighted by molar-refractivity contribution is -0.139. The number of allylic oxidation sites excluding steroid dienone is 2. The summed E-state index contributed by atoms with van der Waals surface area (Å²) in [6, 6.07) is -0.131. The van der Waals surface area contributed by atoms with Crippen molar-refractivity contribution in [3.63, 3.8) is 0 Å². The molecule has 0 aromatic carbocycles. The van der Waals surface area contributed by atoms with Gasteiger partial charge in [0.05, 0.1) is 24.2 Å². The van der Waals surface area contributed by atoms with Crippen LogP contribution in [0.3, 0.4) is 0 Å². The standard InChI is InChI=1S/C19H19N2O4/c1-17(2,3)25-16(24)21-13(18-9-19(18,21)10-18)8-20-14(22)11-6-4-5-7-12(11)15(20)23/h4,6-7,13H,8-10H2,1-3H3/q+1/t13-,18?,19?/m1/s1. The van der Waals surface area contributed by atoms with Crippen LogP contribution >= 0.6 is 0 Å². The van der Waals surface area contributed by atoms with E-state index in [0.29, 0.717) is 11.1 Å². The third kappa shape index (κ3) is 1.65. The SMILES string of the molecule is CC(C)(C)OC(=O)N1[C@H](CN2C(=O)C3=C(C=C[C+]=C3)C2=O)C23CC12C3. The lowest BCUT2D eigenvalue weighted by Gasteiger charge is -2.41. The van der Waals surface area contributed by atoms with Gasteiger partial charge in [-0.3, -0.25) is 19.4 Å². The lowest BCUT2D eigenvalue weighted by atomic mass is 10.0. The van der Waals surface area contributed by atoms with Crippen LogP contribution in [0.15, 0.2) is 29.4 Å². The van der Waals surface area contributed by atoms with E-state index in [2.05, 4.69) is 6.08 Å². The van der Waals surface area contributed by atoms with Gasteiger partial charge < -0.3 is 4.74 Å². The van der Waals surface area contributed by atoms with Gasteiger partial charge in [0.2, 0.25) is 0 Å². The summed E-state index contributed by atoms with van der Waals surface area (Å²) in [6.45, 7) is 5.76. The molecule has 0 radical (unpaired) electrons. The van der Waals surface area contributed by atoms with Crippen molar-refractivity contribution in [3.8, 4) is 0 Å². The number of rotatable bonds is 2. The average Bonchev–Trinajstić information content (AvgIpc) is 3.21. The molecule has 2 heterocycles. The Bertz CT molecular complexity index is 802. The molecule has 2 aliphatic heterocycles. The Morgan fingerprint density at radius 3 is 2.60 bits per heavy atom. The van der Waals surface area contributed by atoms with Gasteiger partial charge in [-0.15, -0.1) is 0 Å². The summed E-state index contributed by atoms with van der Waals surface area (Å²) >= 11 is 0. The minimum atomic E-state index is -0.564. The van der Waals surface area contributed by atoms with E-state index >= 15 is 0 Å². The normalized spacial score (nSPS) is 36.5. The predicted octanol–water partition coefficient (Wildman–Crippen LogP) is 1.73. The average molecular weight is 339 g/mol. The van der Waals surface area contributed by atoms with E-state index < -0.39 is 5.60 Å². The fourth-order valence-corrected chi connectivity index (χ4v) is 4.72. The van der Waals surface area contributed by atoms with E-state index in [-0.39, 0.29) is 41.4 Å². The summed E-state index contributed by atoms with van der Waals surface area (Å²) in [5.74, 6) is -0.579. The highest BCUT2D eigenvalue weighted by Crippen LogP contribution is 2.91. The van der Waals surface area contributed by atoms with Crippen LogP contribution in [0, 0.1) is 11.5 Å². The van der Waals surface area contributed by atoms with Gasteiger partial charge in [-0.05, 0) is 33.6 Å². The summed E-state index contributed by atoms with van der Waals surface area (Å²) in [5.41, 5.74) is 0.317. The topological polar surface area (TPSA) is 66.9 Å². The van der Waals surface area contributed by atoms with E-state index in [4.69, 9.17) is 4.74 Å². The largest absolute Gasteiger partial charge is 0.444 e. The van der Waals surface area contributed by atoms with Crippen LogP contribution in [0.5, 0.6) is 0 Å². The zero-order valence-corrected chi connectivity index (χ0v) is 14.5. The van der Waals surface area contributed by atoms with Gasteiger partial charge in [0.15, 0.2) is 11.1 Å². The van der Waals surface area contributed by atoms with Crippen molar-refractivity contribution in [2.45, 2.75) is 50.8 Å². The van der Waals surface area contributed by atoms with E-state index in [1.807, 2.05) is 20.8 Å². The number of hydrogen-bond acceptors (Lipinski definition) is 4. The Labute approximate surface area is 145 Å².